The minimum atomic E-state index is -3.71. The molecule has 0 aliphatic carbocycles. The van der Waals surface area contributed by atoms with Crippen molar-refractivity contribution in [3.05, 3.63) is 46.4 Å². The second-order valence-electron chi connectivity index (χ2n) is 6.63. The number of nitrogens with one attached hydrogen (secondary N) is 1. The van der Waals surface area contributed by atoms with Crippen molar-refractivity contribution in [3.8, 4) is 11.5 Å². The molecule has 29 heavy (non-hydrogen) atoms. The minimum Gasteiger partial charge on any atom is -0.496 e. The van der Waals surface area contributed by atoms with Crippen LogP contribution in [-0.4, -0.2) is 45.9 Å². The Labute approximate surface area is 179 Å². The number of sulfonamides is 1. The summed E-state index contributed by atoms with van der Waals surface area (Å²) >= 11 is 3.36. The lowest BCUT2D eigenvalue weighted by Crippen LogP contribution is -2.35. The molecule has 0 spiro atoms. The van der Waals surface area contributed by atoms with E-state index in [9.17, 15) is 13.2 Å². The standard InChI is InChI=1S/C20H23BrN2O5S/c1-27-17-8-6-14(12-16(17)21)20(24)22-15-7-9-18(28-2)19(13-15)29(25,26)23-10-4-3-5-11-23/h6-9,12-13H,3-5,10-11H2,1-2H3,(H,22,24). The Balaban J connectivity index is 1.88. The Bertz CT molecular complexity index is 1000. The molecule has 0 radical (unpaired) electrons. The average Bonchev–Trinajstić information content (AvgIpc) is 2.74. The van der Waals surface area contributed by atoms with Gasteiger partial charge in [-0.05, 0) is 65.2 Å². The number of halogens is 1. The summed E-state index contributed by atoms with van der Waals surface area (Å²) in [5.41, 5.74) is 0.784. The van der Waals surface area contributed by atoms with Gasteiger partial charge in [0.1, 0.15) is 16.4 Å². The zero-order valence-corrected chi connectivity index (χ0v) is 18.7. The molecule has 9 heteroatoms. The van der Waals surface area contributed by atoms with Crippen LogP contribution in [0.2, 0.25) is 0 Å². The van der Waals surface area contributed by atoms with Crippen LogP contribution in [0, 0.1) is 0 Å². The highest BCUT2D eigenvalue weighted by Crippen LogP contribution is 2.31. The number of nitrogens with zero attached hydrogens (tertiary/aromatic N) is 1. The molecule has 1 N–H and O–H groups in total. The number of hydrogen-bond acceptors (Lipinski definition) is 5. The van der Waals surface area contributed by atoms with Crippen LogP contribution in [0.3, 0.4) is 0 Å². The fraction of sp³-hybridized carbons (Fsp3) is 0.350. The number of benzene rings is 2. The molecule has 1 saturated heterocycles. The van der Waals surface area contributed by atoms with Crippen molar-refractivity contribution in [1.82, 2.24) is 4.31 Å². The Morgan fingerprint density at radius 3 is 2.28 bits per heavy atom. The van der Waals surface area contributed by atoms with Crippen molar-refractivity contribution in [1.29, 1.82) is 0 Å². The second-order valence-corrected chi connectivity index (χ2v) is 9.39. The van der Waals surface area contributed by atoms with Crippen LogP contribution in [0.4, 0.5) is 5.69 Å². The number of carbonyl (C=O) groups excluding carboxylic acids is 1. The van der Waals surface area contributed by atoms with Gasteiger partial charge in [0.25, 0.3) is 5.91 Å². The largest absolute Gasteiger partial charge is 0.496 e. The highest BCUT2D eigenvalue weighted by Gasteiger charge is 2.29. The number of methoxy groups -OCH3 is 2. The van der Waals surface area contributed by atoms with E-state index in [1.54, 1.807) is 37.4 Å². The Hall–Kier alpha value is -2.10. The lowest BCUT2D eigenvalue weighted by Gasteiger charge is -2.26. The van der Waals surface area contributed by atoms with Gasteiger partial charge in [0.05, 0.1) is 18.7 Å². The van der Waals surface area contributed by atoms with E-state index in [-0.39, 0.29) is 16.6 Å². The van der Waals surface area contributed by atoms with Crippen molar-refractivity contribution >= 4 is 37.5 Å². The van der Waals surface area contributed by atoms with E-state index in [1.807, 2.05) is 0 Å². The fourth-order valence-electron chi connectivity index (χ4n) is 3.21. The van der Waals surface area contributed by atoms with Crippen LogP contribution in [0.5, 0.6) is 11.5 Å². The zero-order chi connectivity index (χ0) is 21.0. The lowest BCUT2D eigenvalue weighted by molar-refractivity contribution is 0.102. The van der Waals surface area contributed by atoms with E-state index < -0.39 is 10.0 Å². The minimum absolute atomic E-state index is 0.0515. The predicted molar refractivity (Wildman–Crippen MR) is 114 cm³/mol. The van der Waals surface area contributed by atoms with Crippen molar-refractivity contribution in [2.24, 2.45) is 0 Å². The van der Waals surface area contributed by atoms with Crippen LogP contribution < -0.4 is 14.8 Å². The Kier molecular flexibility index (Phi) is 6.81. The number of anilines is 1. The van der Waals surface area contributed by atoms with Gasteiger partial charge in [0.15, 0.2) is 0 Å². The fourth-order valence-corrected chi connectivity index (χ4v) is 5.45. The van der Waals surface area contributed by atoms with Gasteiger partial charge in [-0.1, -0.05) is 6.42 Å². The number of amides is 1. The van der Waals surface area contributed by atoms with Crippen LogP contribution in [-0.2, 0) is 10.0 Å². The van der Waals surface area contributed by atoms with E-state index in [2.05, 4.69) is 21.2 Å². The SMILES string of the molecule is COc1ccc(C(=O)Nc2ccc(OC)c(S(=O)(=O)N3CCCCC3)c2)cc1Br. The van der Waals surface area contributed by atoms with Crippen molar-refractivity contribution in [2.45, 2.75) is 24.2 Å². The molecule has 0 saturated carbocycles. The number of piperidine rings is 1. The maximum atomic E-state index is 13.1. The molecule has 2 aromatic carbocycles. The van der Waals surface area contributed by atoms with Gasteiger partial charge in [-0.2, -0.15) is 4.31 Å². The van der Waals surface area contributed by atoms with E-state index in [0.717, 1.165) is 19.3 Å². The smallest absolute Gasteiger partial charge is 0.255 e. The number of ether oxygens (including phenoxy) is 2. The third-order valence-corrected chi connectivity index (χ3v) is 7.31. The predicted octanol–water partition coefficient (Wildman–Crippen LogP) is 3.89. The first-order chi connectivity index (χ1) is 13.9. The maximum absolute atomic E-state index is 13.1. The first-order valence-corrected chi connectivity index (χ1v) is 11.4. The molecule has 1 amide bonds. The summed E-state index contributed by atoms with van der Waals surface area (Å²) in [6.45, 7) is 0.976. The normalized spacial score (nSPS) is 15.0. The highest BCUT2D eigenvalue weighted by atomic mass is 79.9. The van der Waals surface area contributed by atoms with Crippen molar-refractivity contribution in [3.63, 3.8) is 0 Å². The molecule has 0 atom stereocenters. The summed E-state index contributed by atoms with van der Waals surface area (Å²) in [5.74, 6) is 0.501. The van der Waals surface area contributed by atoms with E-state index in [1.165, 1.54) is 17.5 Å². The Morgan fingerprint density at radius 1 is 1.00 bits per heavy atom. The first kappa shape index (κ1) is 21.6. The molecule has 1 heterocycles. The first-order valence-electron chi connectivity index (χ1n) is 9.20. The van der Waals surface area contributed by atoms with Gasteiger partial charge < -0.3 is 14.8 Å². The summed E-state index contributed by atoms with van der Waals surface area (Å²) in [4.78, 5) is 12.7. The molecule has 0 bridgehead atoms. The molecule has 3 rings (SSSR count). The molecular weight excluding hydrogens is 460 g/mol. The van der Waals surface area contributed by atoms with Gasteiger partial charge in [-0.15, -0.1) is 0 Å². The van der Waals surface area contributed by atoms with Gasteiger partial charge in [-0.3, -0.25) is 4.79 Å². The third-order valence-electron chi connectivity index (χ3n) is 4.77. The third kappa shape index (κ3) is 4.73. The maximum Gasteiger partial charge on any atom is 0.255 e. The Morgan fingerprint density at radius 2 is 1.66 bits per heavy atom. The molecular formula is C20H23BrN2O5S. The molecule has 1 aliphatic heterocycles. The molecule has 0 aromatic heterocycles. The van der Waals surface area contributed by atoms with Crippen LogP contribution in [0.15, 0.2) is 45.8 Å². The monoisotopic (exact) mass is 482 g/mol. The van der Waals surface area contributed by atoms with Crippen LogP contribution >= 0.6 is 15.9 Å². The van der Waals surface area contributed by atoms with E-state index in [0.29, 0.717) is 34.6 Å². The molecule has 2 aromatic rings. The topological polar surface area (TPSA) is 84.9 Å². The summed E-state index contributed by atoms with van der Waals surface area (Å²) in [6.07, 6.45) is 2.70. The van der Waals surface area contributed by atoms with Gasteiger partial charge >= 0.3 is 0 Å². The van der Waals surface area contributed by atoms with Gasteiger partial charge in [-0.25, -0.2) is 8.42 Å². The van der Waals surface area contributed by atoms with Crippen molar-refractivity contribution < 1.29 is 22.7 Å². The lowest BCUT2D eigenvalue weighted by atomic mass is 10.2. The summed E-state index contributed by atoms with van der Waals surface area (Å²) in [7, 11) is -0.739. The zero-order valence-electron chi connectivity index (χ0n) is 16.3. The molecule has 0 unspecified atom stereocenters. The highest BCUT2D eigenvalue weighted by molar-refractivity contribution is 9.10. The van der Waals surface area contributed by atoms with Gasteiger partial charge in [0, 0.05) is 24.3 Å². The molecule has 156 valence electrons. The van der Waals surface area contributed by atoms with Crippen LogP contribution in [0.1, 0.15) is 29.6 Å². The van der Waals surface area contributed by atoms with E-state index >= 15 is 0 Å². The average molecular weight is 483 g/mol. The van der Waals surface area contributed by atoms with E-state index in [4.69, 9.17) is 9.47 Å². The second kappa shape index (κ2) is 9.15. The summed E-state index contributed by atoms with van der Waals surface area (Å²) in [5, 5.41) is 2.75. The number of rotatable bonds is 6. The number of carbonyl (C=O) groups is 1. The summed E-state index contributed by atoms with van der Waals surface area (Å²) < 4.78 is 38.8. The van der Waals surface area contributed by atoms with Crippen molar-refractivity contribution in [2.75, 3.05) is 32.6 Å². The molecule has 1 fully saturated rings. The molecule has 1 aliphatic rings. The van der Waals surface area contributed by atoms with Crippen LogP contribution in [0.25, 0.3) is 0 Å². The van der Waals surface area contributed by atoms with Gasteiger partial charge in [0.2, 0.25) is 10.0 Å². The molecule has 7 nitrogen and oxygen atoms in total. The summed E-state index contributed by atoms with van der Waals surface area (Å²) in [6, 6.07) is 9.57. The number of hydrogen-bond donors (Lipinski definition) is 1. The quantitative estimate of drug-likeness (QED) is 0.674.